The highest BCUT2D eigenvalue weighted by atomic mass is 32.5. The fourth-order valence-corrected chi connectivity index (χ4v) is 1.27. The summed E-state index contributed by atoms with van der Waals surface area (Å²) >= 11 is 0. The van der Waals surface area contributed by atoms with E-state index in [4.69, 9.17) is 4.74 Å². The van der Waals surface area contributed by atoms with Crippen LogP contribution in [0.1, 0.15) is 6.92 Å². The Kier molecular flexibility index (Phi) is 3.15. The summed E-state index contributed by atoms with van der Waals surface area (Å²) < 4.78 is 66.4. The first-order chi connectivity index (χ1) is 7.92. The average Bonchev–Trinajstić information content (AvgIpc) is 2.23. The lowest BCUT2D eigenvalue weighted by molar-refractivity contribution is 0.359. The maximum Gasteiger partial charge on any atom is 0.292 e. The Hall–Kier alpha value is -1.31. The van der Waals surface area contributed by atoms with Gasteiger partial charge in [-0.2, -0.15) is 0 Å². The first-order valence-electron chi connectivity index (χ1n) is 4.83. The van der Waals surface area contributed by atoms with Crippen molar-refractivity contribution in [3.05, 3.63) is 24.3 Å². The van der Waals surface area contributed by atoms with E-state index in [0.29, 0.717) is 12.7 Å². The minimum Gasteiger partial charge on any atom is -0.497 e. The lowest BCUT2D eigenvalue weighted by atomic mass is 10.3. The maximum absolute atomic E-state index is 12.3. The van der Waals surface area contributed by atoms with Crippen LogP contribution in [-0.4, -0.2) is 18.6 Å². The van der Waals surface area contributed by atoms with Crippen molar-refractivity contribution in [2.24, 2.45) is 4.99 Å². The normalized spacial score (nSPS) is 18.2. The number of rotatable bonds is 4. The van der Waals surface area contributed by atoms with Crippen molar-refractivity contribution in [1.29, 1.82) is 0 Å². The van der Waals surface area contributed by atoms with Gasteiger partial charge in [-0.25, -0.2) is 0 Å². The molecule has 0 N–H and O–H groups in total. The Bertz CT molecular complexity index is 453. The van der Waals surface area contributed by atoms with E-state index in [1.165, 1.54) is 31.4 Å². The van der Waals surface area contributed by atoms with Gasteiger partial charge in [-0.3, -0.25) is 4.99 Å². The third kappa shape index (κ3) is 4.17. The molecule has 0 fully saturated rings. The molecule has 0 spiro atoms. The van der Waals surface area contributed by atoms with Crippen molar-refractivity contribution in [2.45, 2.75) is 12.2 Å². The minimum absolute atomic E-state index is 0.143. The van der Waals surface area contributed by atoms with Crippen molar-refractivity contribution >= 4 is 22.1 Å². The molecule has 0 saturated carbocycles. The molecule has 0 aliphatic carbocycles. The van der Waals surface area contributed by atoms with E-state index in [1.54, 1.807) is 0 Å². The molecule has 18 heavy (non-hydrogen) atoms. The number of halogens is 5. The SMILES string of the molecule is COc1ccc(N=CC(C)S(F)(F)(F)(F)F)cc1. The quantitative estimate of drug-likeness (QED) is 0.559. The number of hydrogen-bond acceptors (Lipinski definition) is 2. The summed E-state index contributed by atoms with van der Waals surface area (Å²) in [4.78, 5) is 3.39. The highest BCUT2D eigenvalue weighted by Crippen LogP contribution is 2.99. The zero-order valence-electron chi connectivity index (χ0n) is 9.62. The molecular formula is C10H12F5NOS. The Labute approximate surface area is 101 Å². The molecular weight excluding hydrogens is 277 g/mol. The van der Waals surface area contributed by atoms with Gasteiger partial charge < -0.3 is 4.74 Å². The lowest BCUT2D eigenvalue weighted by Crippen LogP contribution is -2.23. The molecule has 104 valence electrons. The third-order valence-corrected chi connectivity index (χ3v) is 3.74. The predicted octanol–water partition coefficient (Wildman–Crippen LogP) is 5.08. The summed E-state index contributed by atoms with van der Waals surface area (Å²) in [6.45, 7) is 0.384. The van der Waals surface area contributed by atoms with Gasteiger partial charge in [-0.1, -0.05) is 19.4 Å². The molecule has 0 aliphatic heterocycles. The summed E-state index contributed by atoms with van der Waals surface area (Å²) in [7, 11) is -8.08. The fraction of sp³-hybridized carbons (Fsp3) is 0.300. The third-order valence-electron chi connectivity index (χ3n) is 2.21. The Balaban J connectivity index is 2.88. The van der Waals surface area contributed by atoms with Gasteiger partial charge in [0, 0.05) is 6.21 Å². The molecule has 1 aromatic rings. The number of benzene rings is 1. The van der Waals surface area contributed by atoms with Gasteiger partial charge in [0.2, 0.25) is 0 Å². The van der Waals surface area contributed by atoms with Crippen LogP contribution >= 0.6 is 10.2 Å². The smallest absolute Gasteiger partial charge is 0.292 e. The molecule has 0 saturated heterocycles. The Morgan fingerprint density at radius 1 is 1.11 bits per heavy atom. The largest absolute Gasteiger partial charge is 0.497 e. The van der Waals surface area contributed by atoms with E-state index in [1.807, 2.05) is 0 Å². The zero-order chi connectivity index (χ0) is 14.1. The topological polar surface area (TPSA) is 21.6 Å². The second-order valence-electron chi connectivity index (χ2n) is 3.71. The highest BCUT2D eigenvalue weighted by Gasteiger charge is 2.67. The molecule has 1 unspecified atom stereocenters. The standard InChI is InChI=1S/C10H12F5NOS/c1-8(18(11,12,13,14)15)7-16-9-3-5-10(17-2)6-4-9/h3-8H,1-2H3. The summed E-state index contributed by atoms with van der Waals surface area (Å²) in [5, 5.41) is -2.87. The van der Waals surface area contributed by atoms with Crippen LogP contribution in [0.15, 0.2) is 29.3 Å². The number of ether oxygens (including phenoxy) is 1. The molecule has 0 radical (unpaired) electrons. The van der Waals surface area contributed by atoms with Crippen molar-refractivity contribution in [2.75, 3.05) is 7.11 Å². The summed E-state index contributed by atoms with van der Waals surface area (Å²) in [5.74, 6) is 0.495. The Morgan fingerprint density at radius 3 is 2.00 bits per heavy atom. The van der Waals surface area contributed by atoms with E-state index in [9.17, 15) is 19.4 Å². The van der Waals surface area contributed by atoms with Crippen LogP contribution < -0.4 is 4.74 Å². The van der Waals surface area contributed by atoms with Crippen LogP contribution in [0.25, 0.3) is 0 Å². The van der Waals surface area contributed by atoms with Crippen LogP contribution in [0.5, 0.6) is 5.75 Å². The molecule has 1 atom stereocenters. The van der Waals surface area contributed by atoms with Crippen molar-refractivity contribution in [1.82, 2.24) is 0 Å². The van der Waals surface area contributed by atoms with Gasteiger partial charge in [0.15, 0.2) is 0 Å². The lowest BCUT2D eigenvalue weighted by Gasteiger charge is -2.44. The second-order valence-corrected chi connectivity index (χ2v) is 6.51. The monoisotopic (exact) mass is 289 g/mol. The number of methoxy groups -OCH3 is 1. The molecule has 0 amide bonds. The summed E-state index contributed by atoms with van der Waals surface area (Å²) in [6, 6.07) is 5.68. The molecule has 8 heteroatoms. The van der Waals surface area contributed by atoms with E-state index >= 15 is 0 Å². The van der Waals surface area contributed by atoms with Gasteiger partial charge in [-0.15, -0.1) is 0 Å². The highest BCUT2D eigenvalue weighted by molar-refractivity contribution is 8.46. The molecule has 0 aliphatic rings. The molecule has 1 rings (SSSR count). The van der Waals surface area contributed by atoms with Crippen molar-refractivity contribution < 1.29 is 24.2 Å². The molecule has 0 aromatic heterocycles. The van der Waals surface area contributed by atoms with Gasteiger partial charge in [-0.05, 0) is 31.2 Å². The van der Waals surface area contributed by atoms with Gasteiger partial charge >= 0.3 is 0 Å². The van der Waals surface area contributed by atoms with E-state index in [0.717, 1.165) is 0 Å². The van der Waals surface area contributed by atoms with Crippen molar-refractivity contribution in [3.8, 4) is 5.75 Å². The predicted molar refractivity (Wildman–Crippen MR) is 63.7 cm³/mol. The first-order valence-corrected chi connectivity index (χ1v) is 6.85. The zero-order valence-corrected chi connectivity index (χ0v) is 10.4. The Morgan fingerprint density at radius 2 is 1.61 bits per heavy atom. The van der Waals surface area contributed by atoms with Crippen LogP contribution in [0, 0.1) is 0 Å². The van der Waals surface area contributed by atoms with Crippen LogP contribution in [0.4, 0.5) is 25.1 Å². The van der Waals surface area contributed by atoms with Gasteiger partial charge in [0.25, 0.3) is 10.2 Å². The second kappa shape index (κ2) is 3.84. The van der Waals surface area contributed by atoms with Crippen LogP contribution in [0.2, 0.25) is 0 Å². The molecule has 1 aromatic carbocycles. The molecule has 2 nitrogen and oxygen atoms in total. The van der Waals surface area contributed by atoms with Crippen LogP contribution in [-0.2, 0) is 0 Å². The summed E-state index contributed by atoms with van der Waals surface area (Å²) in [6.07, 6.45) is 0.212. The number of hydrogen-bond donors (Lipinski definition) is 0. The summed E-state index contributed by atoms with van der Waals surface area (Å²) in [5.41, 5.74) is 0.143. The number of aliphatic imine (C=N–C) groups is 1. The minimum atomic E-state index is -9.51. The first kappa shape index (κ1) is 14.7. The number of nitrogens with zero attached hydrogens (tertiary/aromatic N) is 1. The van der Waals surface area contributed by atoms with E-state index in [2.05, 4.69) is 4.99 Å². The fourth-order valence-electron chi connectivity index (χ4n) is 0.974. The molecule has 0 bridgehead atoms. The molecule has 0 heterocycles. The maximum atomic E-state index is 12.3. The van der Waals surface area contributed by atoms with E-state index in [-0.39, 0.29) is 11.9 Å². The average molecular weight is 289 g/mol. The van der Waals surface area contributed by atoms with Gasteiger partial charge in [0.1, 0.15) is 11.0 Å². The van der Waals surface area contributed by atoms with E-state index < -0.39 is 15.5 Å². The van der Waals surface area contributed by atoms with Crippen LogP contribution in [0.3, 0.4) is 0 Å². The van der Waals surface area contributed by atoms with Crippen molar-refractivity contribution in [3.63, 3.8) is 0 Å². The van der Waals surface area contributed by atoms with Gasteiger partial charge in [0.05, 0.1) is 12.8 Å².